The molecule has 2 nitrogen and oxygen atoms in total. The van der Waals surface area contributed by atoms with Crippen molar-refractivity contribution in [2.24, 2.45) is 0 Å². The second-order valence-electron chi connectivity index (χ2n) is 3.09. The van der Waals surface area contributed by atoms with Gasteiger partial charge in [-0.25, -0.2) is 0 Å². The Morgan fingerprint density at radius 1 is 1.36 bits per heavy atom. The van der Waals surface area contributed by atoms with Gasteiger partial charge in [0.25, 0.3) is 0 Å². The zero-order chi connectivity index (χ0) is 8.69. The lowest BCUT2D eigenvalue weighted by atomic mass is 10.1. The molecule has 0 heterocycles. The Bertz CT molecular complexity index is 115. The highest BCUT2D eigenvalue weighted by molar-refractivity contribution is 7.38. The summed E-state index contributed by atoms with van der Waals surface area (Å²) in [6, 6.07) is 0. The van der Waals surface area contributed by atoms with E-state index >= 15 is 0 Å². The summed E-state index contributed by atoms with van der Waals surface area (Å²) in [6.45, 7) is 4.02. The van der Waals surface area contributed by atoms with Crippen LogP contribution in [-0.4, -0.2) is 10.6 Å². The Balaban J connectivity index is 3.17. The van der Waals surface area contributed by atoms with E-state index < -0.39 is 8.03 Å². The molecule has 0 saturated carbocycles. The summed E-state index contributed by atoms with van der Waals surface area (Å²) in [4.78, 5) is 8.72. The molecule has 0 fully saturated rings. The Hall–Kier alpha value is 0.190. The monoisotopic (exact) mass is 178 g/mol. The van der Waals surface area contributed by atoms with E-state index in [2.05, 4.69) is 6.92 Å². The van der Waals surface area contributed by atoms with Crippen molar-refractivity contribution >= 4 is 8.03 Å². The van der Waals surface area contributed by atoms with Crippen LogP contribution in [0, 0.1) is 0 Å². The fraction of sp³-hybridized carbons (Fsp3) is 1.00. The number of hydrogen-bond acceptors (Lipinski definition) is 1. The second kappa shape index (κ2) is 6.87. The normalized spacial score (nSPS) is 16.3. The molecule has 2 unspecified atom stereocenters. The van der Waals surface area contributed by atoms with Gasteiger partial charge in [0.1, 0.15) is 0 Å². The summed E-state index contributed by atoms with van der Waals surface area (Å²) >= 11 is 0. The van der Waals surface area contributed by atoms with E-state index in [1.807, 2.05) is 6.92 Å². The van der Waals surface area contributed by atoms with Crippen molar-refractivity contribution < 1.29 is 9.46 Å². The topological polar surface area (TPSA) is 37.3 Å². The van der Waals surface area contributed by atoms with Crippen LogP contribution >= 0.6 is 8.03 Å². The van der Waals surface area contributed by atoms with Crippen LogP contribution in [0.15, 0.2) is 0 Å². The molecular weight excluding hydrogens is 159 g/mol. The largest absolute Gasteiger partial charge is 0.346 e. The minimum atomic E-state index is -2.25. The summed E-state index contributed by atoms with van der Waals surface area (Å²) in [7, 11) is -2.25. The predicted molar refractivity (Wildman–Crippen MR) is 49.4 cm³/mol. The second-order valence-corrected chi connectivity index (χ2v) is 4.75. The van der Waals surface area contributed by atoms with Gasteiger partial charge >= 0.3 is 0 Å². The molecule has 0 aliphatic carbocycles. The van der Waals surface area contributed by atoms with Crippen molar-refractivity contribution in [3.63, 3.8) is 0 Å². The van der Waals surface area contributed by atoms with Crippen molar-refractivity contribution in [1.82, 2.24) is 0 Å². The Morgan fingerprint density at radius 3 is 2.45 bits per heavy atom. The van der Waals surface area contributed by atoms with E-state index in [1.165, 1.54) is 19.3 Å². The van der Waals surface area contributed by atoms with E-state index in [-0.39, 0.29) is 5.66 Å². The highest BCUT2D eigenvalue weighted by atomic mass is 31.1. The van der Waals surface area contributed by atoms with E-state index in [1.54, 1.807) is 0 Å². The third-order valence-corrected chi connectivity index (χ3v) is 3.04. The molecule has 0 aliphatic heterocycles. The molecule has 68 valence electrons. The maximum atomic E-state index is 10.5. The fourth-order valence-corrected chi connectivity index (χ4v) is 1.45. The van der Waals surface area contributed by atoms with Crippen LogP contribution in [0.1, 0.15) is 46.0 Å². The zero-order valence-electron chi connectivity index (χ0n) is 7.47. The van der Waals surface area contributed by atoms with Crippen molar-refractivity contribution in [2.45, 2.75) is 51.6 Å². The van der Waals surface area contributed by atoms with Crippen LogP contribution in [0.3, 0.4) is 0 Å². The number of rotatable bonds is 6. The van der Waals surface area contributed by atoms with Gasteiger partial charge in [0.15, 0.2) is 8.03 Å². The van der Waals surface area contributed by atoms with Gasteiger partial charge in [-0.15, -0.1) is 0 Å². The lowest BCUT2D eigenvalue weighted by molar-refractivity contribution is 0.483. The summed E-state index contributed by atoms with van der Waals surface area (Å²) in [5, 5.41) is 0. The van der Waals surface area contributed by atoms with Gasteiger partial charge in [-0.3, -0.25) is 4.57 Å². The molecular formula is C8H19O2P. The molecule has 11 heavy (non-hydrogen) atoms. The Labute approximate surface area is 69.9 Å². The summed E-state index contributed by atoms with van der Waals surface area (Å²) in [5.41, 5.74) is 0.0249. The highest BCUT2D eigenvalue weighted by Crippen LogP contribution is 2.26. The first-order valence-corrected chi connectivity index (χ1v) is 5.84. The molecule has 0 aliphatic rings. The molecule has 0 amide bonds. The molecule has 0 aromatic carbocycles. The van der Waals surface area contributed by atoms with Crippen molar-refractivity contribution in [1.29, 1.82) is 0 Å². The van der Waals surface area contributed by atoms with Gasteiger partial charge < -0.3 is 4.89 Å². The fourth-order valence-electron chi connectivity index (χ4n) is 1.00. The Kier molecular flexibility index (Phi) is 6.99. The van der Waals surface area contributed by atoms with E-state index in [4.69, 9.17) is 4.89 Å². The first-order chi connectivity index (χ1) is 5.18. The van der Waals surface area contributed by atoms with Crippen LogP contribution < -0.4 is 0 Å². The molecule has 0 spiro atoms. The van der Waals surface area contributed by atoms with Crippen LogP contribution in [0.5, 0.6) is 0 Å². The predicted octanol–water partition coefficient (Wildman–Crippen LogP) is 2.81. The first-order valence-electron chi connectivity index (χ1n) is 4.41. The lowest BCUT2D eigenvalue weighted by Gasteiger charge is -2.05. The molecule has 2 atom stereocenters. The third-order valence-electron chi connectivity index (χ3n) is 1.91. The minimum absolute atomic E-state index is 0.0249. The quantitative estimate of drug-likeness (QED) is 0.501. The van der Waals surface area contributed by atoms with E-state index in [0.29, 0.717) is 0 Å². The standard InChI is InChI=1S/C8H19O2P/c1-3-4-5-6-7-8(2)11(9)10/h8,11H,3-7H2,1-2H3,(H,9,10). The molecule has 0 aromatic heterocycles. The van der Waals surface area contributed by atoms with Crippen molar-refractivity contribution in [2.75, 3.05) is 0 Å². The summed E-state index contributed by atoms with van der Waals surface area (Å²) in [5.74, 6) is 0. The van der Waals surface area contributed by atoms with Gasteiger partial charge in [0.05, 0.1) is 0 Å². The molecule has 0 bridgehead atoms. The molecule has 1 N–H and O–H groups in total. The SMILES string of the molecule is CCCCCCC(C)[PH](=O)O. The van der Waals surface area contributed by atoms with E-state index in [0.717, 1.165) is 12.8 Å². The maximum absolute atomic E-state index is 10.5. The molecule has 0 rings (SSSR count). The van der Waals surface area contributed by atoms with Gasteiger partial charge in [0, 0.05) is 5.66 Å². The van der Waals surface area contributed by atoms with Gasteiger partial charge in [0.2, 0.25) is 0 Å². The van der Waals surface area contributed by atoms with Crippen LogP contribution in [0.4, 0.5) is 0 Å². The lowest BCUT2D eigenvalue weighted by Crippen LogP contribution is -1.94. The smallest absolute Gasteiger partial charge is 0.191 e. The summed E-state index contributed by atoms with van der Waals surface area (Å²) < 4.78 is 10.5. The van der Waals surface area contributed by atoms with Crippen LogP contribution in [0.25, 0.3) is 0 Å². The zero-order valence-corrected chi connectivity index (χ0v) is 8.47. The van der Waals surface area contributed by atoms with Gasteiger partial charge in [-0.1, -0.05) is 39.5 Å². The third kappa shape index (κ3) is 6.58. The Morgan fingerprint density at radius 2 is 2.00 bits per heavy atom. The number of hydrogen-bond donors (Lipinski definition) is 1. The van der Waals surface area contributed by atoms with Crippen LogP contribution in [-0.2, 0) is 4.57 Å². The van der Waals surface area contributed by atoms with E-state index in [9.17, 15) is 4.57 Å². The molecule has 0 saturated heterocycles. The highest BCUT2D eigenvalue weighted by Gasteiger charge is 2.05. The van der Waals surface area contributed by atoms with Gasteiger partial charge in [-0.05, 0) is 6.42 Å². The molecule has 0 aromatic rings. The van der Waals surface area contributed by atoms with Crippen molar-refractivity contribution in [3.8, 4) is 0 Å². The first kappa shape index (κ1) is 11.2. The molecule has 3 heteroatoms. The maximum Gasteiger partial charge on any atom is 0.191 e. The number of unbranched alkanes of at least 4 members (excludes halogenated alkanes) is 3. The molecule has 0 radical (unpaired) electrons. The average Bonchev–Trinajstić information content (AvgIpc) is 1.97. The summed E-state index contributed by atoms with van der Waals surface area (Å²) in [6.07, 6.45) is 5.69. The van der Waals surface area contributed by atoms with Gasteiger partial charge in [-0.2, -0.15) is 0 Å². The van der Waals surface area contributed by atoms with Crippen LogP contribution in [0.2, 0.25) is 0 Å². The average molecular weight is 178 g/mol. The minimum Gasteiger partial charge on any atom is -0.346 e. The van der Waals surface area contributed by atoms with Crippen molar-refractivity contribution in [3.05, 3.63) is 0 Å².